The normalized spacial score (nSPS) is 13.6. The van der Waals surface area contributed by atoms with Crippen LogP contribution >= 0.6 is 0 Å². The molecule has 2 aliphatic carbocycles. The average molecular weight is 733 g/mol. The van der Waals surface area contributed by atoms with Crippen LogP contribution in [0.4, 0.5) is 11.4 Å². The third-order valence-electron chi connectivity index (χ3n) is 9.73. The van der Waals surface area contributed by atoms with Crippen molar-refractivity contribution < 1.29 is 0 Å². The number of allylic oxidation sites excluding steroid dienone is 8. The Morgan fingerprint density at radius 1 is 0.431 bits per heavy atom. The second-order valence-electron chi connectivity index (χ2n) is 12.6. The number of nitrogens with zero attached hydrogens (tertiary/aromatic N) is 10. The van der Waals surface area contributed by atoms with Crippen LogP contribution < -0.4 is 0 Å². The largest absolute Gasteiger partial charge is 0.239 e. The van der Waals surface area contributed by atoms with Gasteiger partial charge in [0.05, 0.1) is 69.8 Å². The van der Waals surface area contributed by atoms with Crippen LogP contribution in [0.1, 0.15) is 66.8 Å². The standard InChI is InChI=1S/C48H16N10/c1-57-33-16-32(17-34(18-33)58-2)36(22-52)46-42(30-11-7-4-8-12-30)38(24-54)44-39(25-55)47-43(40(26-56)48(44)46)37(23-53)41(29-9-5-3-6-10-29)45(47)35(21-51)31-14-27(19-49)13-28(15-31)20-50/h3-18H/b45-35+,46-36+. The molecule has 0 heterocycles. The van der Waals surface area contributed by atoms with Gasteiger partial charge in [-0.05, 0) is 40.5 Å². The van der Waals surface area contributed by atoms with Gasteiger partial charge in [0.25, 0.3) is 0 Å². The average Bonchev–Trinajstić information content (AvgIpc) is 3.79. The molecular weight excluding hydrogens is 717 g/mol. The molecule has 258 valence electrons. The Labute approximate surface area is 332 Å². The molecule has 0 radical (unpaired) electrons. The van der Waals surface area contributed by atoms with Crippen LogP contribution in [0.25, 0.3) is 54.3 Å². The Morgan fingerprint density at radius 3 is 1.16 bits per heavy atom. The van der Waals surface area contributed by atoms with E-state index in [2.05, 4.69) is 46.1 Å². The molecule has 10 heteroatoms. The quantitative estimate of drug-likeness (QED) is 0.128. The lowest BCUT2D eigenvalue weighted by Crippen LogP contribution is -2.05. The maximum absolute atomic E-state index is 11.3. The number of hydrogen-bond acceptors (Lipinski definition) is 8. The second-order valence-corrected chi connectivity index (χ2v) is 12.6. The summed E-state index contributed by atoms with van der Waals surface area (Å²) in [4.78, 5) is 6.98. The Bertz CT molecular complexity index is 3020. The Kier molecular flexibility index (Phi) is 9.25. The maximum atomic E-state index is 11.3. The summed E-state index contributed by atoms with van der Waals surface area (Å²) in [5.74, 6) is 0. The van der Waals surface area contributed by atoms with E-state index in [1.807, 2.05) is 12.1 Å². The van der Waals surface area contributed by atoms with Gasteiger partial charge in [0.1, 0.15) is 36.4 Å². The molecule has 10 nitrogen and oxygen atoms in total. The van der Waals surface area contributed by atoms with Gasteiger partial charge in [0, 0.05) is 44.5 Å². The van der Waals surface area contributed by atoms with E-state index in [1.54, 1.807) is 60.7 Å². The molecule has 0 fully saturated rings. The molecule has 5 aromatic rings. The van der Waals surface area contributed by atoms with Gasteiger partial charge >= 0.3 is 0 Å². The first kappa shape index (κ1) is 36.3. The summed E-state index contributed by atoms with van der Waals surface area (Å²) in [6, 6.07) is 42.8. The third kappa shape index (κ3) is 5.50. The summed E-state index contributed by atoms with van der Waals surface area (Å²) < 4.78 is 0. The lowest BCUT2D eigenvalue weighted by Gasteiger charge is -2.18. The molecule has 0 bridgehead atoms. The number of fused-ring (bicyclic) bond motifs is 2. The fourth-order valence-electron chi connectivity index (χ4n) is 7.53. The molecule has 0 unspecified atom stereocenters. The van der Waals surface area contributed by atoms with E-state index in [-0.39, 0.29) is 112 Å². The van der Waals surface area contributed by atoms with Crippen molar-refractivity contribution in [3.05, 3.63) is 187 Å². The van der Waals surface area contributed by atoms with E-state index in [9.17, 15) is 42.1 Å². The van der Waals surface area contributed by atoms with E-state index in [4.69, 9.17) is 13.1 Å². The minimum Gasteiger partial charge on any atom is -0.239 e. The molecule has 2 aliphatic rings. The van der Waals surface area contributed by atoms with Crippen molar-refractivity contribution in [2.45, 2.75) is 0 Å². The topological polar surface area (TPSA) is 199 Å². The number of hydrogen-bond donors (Lipinski definition) is 0. The fourth-order valence-corrected chi connectivity index (χ4v) is 7.53. The van der Waals surface area contributed by atoms with Gasteiger partial charge in [-0.2, -0.15) is 42.1 Å². The second kappa shape index (κ2) is 14.8. The van der Waals surface area contributed by atoms with Gasteiger partial charge in [-0.1, -0.05) is 78.9 Å². The highest BCUT2D eigenvalue weighted by Gasteiger charge is 2.43. The SMILES string of the molecule is [C-]#[N+]c1cc([N+]#[C-])cc(/C(C#N)=C2\C(c3ccccc3)=C(C#N)c3c(C#N)c4c(c(C#N)c32)C(C#N)=C(c2ccccc2)/C4=C(/C#N)c2cc(C#N)cc(C#N)c2)c1. The first-order chi connectivity index (χ1) is 28.4. The first-order valence-corrected chi connectivity index (χ1v) is 17.0. The summed E-state index contributed by atoms with van der Waals surface area (Å²) in [6.07, 6.45) is 0. The van der Waals surface area contributed by atoms with Crippen LogP contribution in [0.3, 0.4) is 0 Å². The Hall–Kier alpha value is -10.0. The number of nitriles is 8. The van der Waals surface area contributed by atoms with Gasteiger partial charge in [0.15, 0.2) is 11.4 Å². The van der Waals surface area contributed by atoms with Gasteiger partial charge < -0.3 is 0 Å². The lowest BCUT2D eigenvalue weighted by atomic mass is 9.81. The Morgan fingerprint density at radius 2 is 0.828 bits per heavy atom. The molecule has 0 aliphatic heterocycles. The predicted molar refractivity (Wildman–Crippen MR) is 213 cm³/mol. The van der Waals surface area contributed by atoms with E-state index >= 15 is 0 Å². The summed E-state index contributed by atoms with van der Waals surface area (Å²) in [7, 11) is 0. The molecule has 0 atom stereocenters. The summed E-state index contributed by atoms with van der Waals surface area (Å²) in [6.45, 7) is 15.4. The highest BCUT2D eigenvalue weighted by atomic mass is 14.7. The Balaban J connectivity index is 1.79. The zero-order chi connectivity index (χ0) is 41.1. The van der Waals surface area contributed by atoms with Crippen LogP contribution in [0.5, 0.6) is 0 Å². The first-order valence-electron chi connectivity index (χ1n) is 17.0. The third-order valence-corrected chi connectivity index (χ3v) is 9.73. The van der Waals surface area contributed by atoms with E-state index in [0.717, 1.165) is 0 Å². The minimum atomic E-state index is -0.170. The zero-order valence-electron chi connectivity index (χ0n) is 29.7. The van der Waals surface area contributed by atoms with Gasteiger partial charge in [-0.3, -0.25) is 0 Å². The number of rotatable bonds is 4. The minimum absolute atomic E-state index is 0.0100. The van der Waals surface area contributed by atoms with Crippen LogP contribution in [0, 0.1) is 104 Å². The molecule has 0 N–H and O–H groups in total. The molecule has 0 saturated carbocycles. The maximum Gasteiger partial charge on any atom is 0.177 e. The van der Waals surface area contributed by atoms with Crippen molar-refractivity contribution in [3.8, 4) is 48.6 Å². The van der Waals surface area contributed by atoms with Crippen molar-refractivity contribution in [1.29, 1.82) is 42.1 Å². The van der Waals surface area contributed by atoms with E-state index in [1.165, 1.54) is 36.4 Å². The van der Waals surface area contributed by atoms with E-state index < -0.39 is 0 Å². The molecular formula is C48H16N10. The van der Waals surface area contributed by atoms with Crippen molar-refractivity contribution in [2.24, 2.45) is 0 Å². The van der Waals surface area contributed by atoms with Crippen molar-refractivity contribution >= 4 is 56.0 Å². The van der Waals surface area contributed by atoms with Crippen molar-refractivity contribution in [2.75, 3.05) is 0 Å². The predicted octanol–water partition coefficient (Wildman–Crippen LogP) is 10.0. The van der Waals surface area contributed by atoms with Gasteiger partial charge in [-0.25, -0.2) is 9.69 Å². The van der Waals surface area contributed by atoms with Crippen molar-refractivity contribution in [3.63, 3.8) is 0 Å². The van der Waals surface area contributed by atoms with Crippen LogP contribution in [0.2, 0.25) is 0 Å². The highest BCUT2D eigenvalue weighted by Crippen LogP contribution is 2.59. The fraction of sp³-hybridized carbons (Fsp3) is 0. The van der Waals surface area contributed by atoms with Gasteiger partial charge in [0.2, 0.25) is 0 Å². The molecule has 5 aromatic carbocycles. The molecule has 0 aromatic heterocycles. The summed E-state index contributed by atoms with van der Waals surface area (Å²) in [5.41, 5.74) is 1.27. The lowest BCUT2D eigenvalue weighted by molar-refractivity contribution is 1.38. The zero-order valence-corrected chi connectivity index (χ0v) is 29.7. The molecule has 58 heavy (non-hydrogen) atoms. The molecule has 0 amide bonds. The molecule has 0 spiro atoms. The molecule has 7 rings (SSSR count). The number of benzene rings is 5. The summed E-state index contributed by atoms with van der Waals surface area (Å²) >= 11 is 0. The van der Waals surface area contributed by atoms with Crippen LogP contribution in [-0.4, -0.2) is 0 Å². The van der Waals surface area contributed by atoms with Crippen LogP contribution in [0.15, 0.2) is 97.1 Å². The monoisotopic (exact) mass is 732 g/mol. The summed E-state index contributed by atoms with van der Waals surface area (Å²) in [5, 5.41) is 86.3. The highest BCUT2D eigenvalue weighted by molar-refractivity contribution is 6.36. The smallest absolute Gasteiger partial charge is 0.177 e. The van der Waals surface area contributed by atoms with Gasteiger partial charge in [-0.15, -0.1) is 0 Å². The van der Waals surface area contributed by atoms with Crippen molar-refractivity contribution in [1.82, 2.24) is 0 Å². The van der Waals surface area contributed by atoms with E-state index in [0.29, 0.717) is 11.1 Å². The van der Waals surface area contributed by atoms with Crippen LogP contribution in [-0.2, 0) is 0 Å². The molecule has 0 saturated heterocycles.